The maximum atomic E-state index is 12.1. The monoisotopic (exact) mass is 227 g/mol. The van der Waals surface area contributed by atoms with Crippen LogP contribution in [0, 0.1) is 6.92 Å². The van der Waals surface area contributed by atoms with Crippen molar-refractivity contribution < 1.29 is 9.21 Å². The van der Waals surface area contributed by atoms with Crippen molar-refractivity contribution in [1.29, 1.82) is 0 Å². The zero-order valence-corrected chi connectivity index (χ0v) is 9.64. The zero-order chi connectivity index (χ0) is 11.8. The molecule has 0 fully saturated rings. The Morgan fingerprint density at radius 1 is 1.24 bits per heavy atom. The number of furan rings is 1. The Hall–Kier alpha value is -2.03. The maximum absolute atomic E-state index is 12.1. The number of fused-ring (bicyclic) bond motifs is 1. The van der Waals surface area contributed by atoms with Gasteiger partial charge in [0.2, 0.25) is 0 Å². The molecule has 0 spiro atoms. The van der Waals surface area contributed by atoms with Crippen LogP contribution in [0.5, 0.6) is 0 Å². The molecule has 86 valence electrons. The molecule has 0 N–H and O–H groups in total. The van der Waals surface area contributed by atoms with Crippen molar-refractivity contribution >= 4 is 5.91 Å². The van der Waals surface area contributed by atoms with Crippen LogP contribution in [0.3, 0.4) is 0 Å². The molecule has 0 aliphatic carbocycles. The van der Waals surface area contributed by atoms with Gasteiger partial charge in [0.05, 0.1) is 6.54 Å². The molecule has 1 aliphatic heterocycles. The van der Waals surface area contributed by atoms with Gasteiger partial charge in [0, 0.05) is 12.1 Å². The lowest BCUT2D eigenvalue weighted by Crippen LogP contribution is -2.22. The summed E-state index contributed by atoms with van der Waals surface area (Å²) in [4.78, 5) is 13.9. The Bertz CT molecular complexity index is 571. The summed E-state index contributed by atoms with van der Waals surface area (Å²) in [6.45, 7) is 3.13. The second-order valence-electron chi connectivity index (χ2n) is 4.33. The fourth-order valence-corrected chi connectivity index (χ4v) is 2.20. The largest absolute Gasteiger partial charge is 0.464 e. The number of hydrogen-bond donors (Lipinski definition) is 0. The summed E-state index contributed by atoms with van der Waals surface area (Å²) in [6, 6.07) is 11.6. The van der Waals surface area contributed by atoms with E-state index in [1.807, 2.05) is 48.2 Å². The number of nitrogens with zero attached hydrogens (tertiary/aromatic N) is 1. The van der Waals surface area contributed by atoms with Crippen LogP contribution in [0.1, 0.15) is 27.4 Å². The van der Waals surface area contributed by atoms with Crippen LogP contribution in [-0.2, 0) is 13.1 Å². The highest BCUT2D eigenvalue weighted by atomic mass is 16.3. The van der Waals surface area contributed by atoms with Gasteiger partial charge in [-0.3, -0.25) is 4.79 Å². The summed E-state index contributed by atoms with van der Waals surface area (Å²) in [5.41, 5.74) is 1.91. The summed E-state index contributed by atoms with van der Waals surface area (Å²) < 4.78 is 5.50. The van der Waals surface area contributed by atoms with Gasteiger partial charge in [-0.25, -0.2) is 0 Å². The van der Waals surface area contributed by atoms with Gasteiger partial charge in [0.1, 0.15) is 11.5 Å². The molecule has 2 heterocycles. The molecule has 2 aromatic rings. The van der Waals surface area contributed by atoms with Crippen molar-refractivity contribution in [3.05, 3.63) is 59.0 Å². The number of hydrogen-bond acceptors (Lipinski definition) is 2. The lowest BCUT2D eigenvalue weighted by molar-refractivity contribution is 0.0755. The fraction of sp³-hybridized carbons (Fsp3) is 0.214. The quantitative estimate of drug-likeness (QED) is 0.790. The topological polar surface area (TPSA) is 33.5 Å². The summed E-state index contributed by atoms with van der Waals surface area (Å²) in [5.74, 6) is 1.81. The van der Waals surface area contributed by atoms with Gasteiger partial charge in [-0.15, -0.1) is 0 Å². The molecule has 3 rings (SSSR count). The van der Waals surface area contributed by atoms with E-state index in [1.165, 1.54) is 0 Å². The highest BCUT2D eigenvalue weighted by molar-refractivity contribution is 5.98. The van der Waals surface area contributed by atoms with Gasteiger partial charge < -0.3 is 9.32 Å². The van der Waals surface area contributed by atoms with Crippen LogP contribution in [0.25, 0.3) is 0 Å². The van der Waals surface area contributed by atoms with Gasteiger partial charge >= 0.3 is 0 Å². The first-order valence-electron chi connectivity index (χ1n) is 5.66. The second kappa shape index (κ2) is 3.77. The van der Waals surface area contributed by atoms with Crippen LogP contribution < -0.4 is 0 Å². The second-order valence-corrected chi connectivity index (χ2v) is 4.33. The number of benzene rings is 1. The summed E-state index contributed by atoms with van der Waals surface area (Å²) >= 11 is 0. The Labute approximate surface area is 99.7 Å². The van der Waals surface area contributed by atoms with Crippen LogP contribution in [0.15, 0.2) is 40.8 Å². The van der Waals surface area contributed by atoms with Gasteiger partial charge in [-0.05, 0) is 30.7 Å². The normalized spacial score (nSPS) is 14.2. The smallest absolute Gasteiger partial charge is 0.254 e. The minimum atomic E-state index is 0.0923. The average molecular weight is 227 g/mol. The van der Waals surface area contributed by atoms with Crippen molar-refractivity contribution in [3.63, 3.8) is 0 Å². The third kappa shape index (κ3) is 1.73. The number of aryl methyl sites for hydroxylation is 1. The first-order chi connectivity index (χ1) is 8.24. The molecular weight excluding hydrogens is 214 g/mol. The van der Waals surface area contributed by atoms with Gasteiger partial charge in [-0.1, -0.05) is 18.2 Å². The standard InChI is InChI=1S/C14H13NO2/c1-10-6-7-12(17-10)9-15-8-11-4-2-3-5-13(11)14(15)16/h2-7H,8-9H2,1H3. The van der Waals surface area contributed by atoms with Crippen LogP contribution in [-0.4, -0.2) is 10.8 Å². The molecule has 3 heteroatoms. The van der Waals surface area contributed by atoms with E-state index in [0.29, 0.717) is 13.1 Å². The molecule has 0 radical (unpaired) electrons. The molecule has 0 saturated heterocycles. The van der Waals surface area contributed by atoms with Gasteiger partial charge in [0.25, 0.3) is 5.91 Å². The van der Waals surface area contributed by atoms with E-state index >= 15 is 0 Å². The molecule has 17 heavy (non-hydrogen) atoms. The fourth-order valence-electron chi connectivity index (χ4n) is 2.20. The lowest BCUT2D eigenvalue weighted by Gasteiger charge is -2.13. The van der Waals surface area contributed by atoms with Crippen molar-refractivity contribution in [1.82, 2.24) is 4.90 Å². The molecule has 1 aromatic carbocycles. The lowest BCUT2D eigenvalue weighted by atomic mass is 10.1. The van der Waals surface area contributed by atoms with Gasteiger partial charge in [0.15, 0.2) is 0 Å². The molecule has 1 aromatic heterocycles. The highest BCUT2D eigenvalue weighted by Crippen LogP contribution is 2.24. The van der Waals surface area contributed by atoms with E-state index in [4.69, 9.17) is 4.42 Å². The van der Waals surface area contributed by atoms with E-state index in [9.17, 15) is 4.79 Å². The highest BCUT2D eigenvalue weighted by Gasteiger charge is 2.27. The predicted octanol–water partition coefficient (Wildman–Crippen LogP) is 2.74. The van der Waals surface area contributed by atoms with E-state index in [0.717, 1.165) is 22.6 Å². The molecule has 0 atom stereocenters. The number of carbonyl (C=O) groups excluding carboxylic acids is 1. The molecule has 0 bridgehead atoms. The van der Waals surface area contributed by atoms with Gasteiger partial charge in [-0.2, -0.15) is 0 Å². The minimum Gasteiger partial charge on any atom is -0.464 e. The SMILES string of the molecule is Cc1ccc(CN2Cc3ccccc3C2=O)o1. The molecule has 3 nitrogen and oxygen atoms in total. The molecule has 1 amide bonds. The molecule has 0 unspecified atom stereocenters. The Kier molecular flexibility index (Phi) is 2.25. The van der Waals surface area contributed by atoms with E-state index in [2.05, 4.69) is 0 Å². The number of carbonyl (C=O) groups is 1. The van der Waals surface area contributed by atoms with Crippen LogP contribution in [0.4, 0.5) is 0 Å². The average Bonchev–Trinajstić information content (AvgIpc) is 2.86. The summed E-state index contributed by atoms with van der Waals surface area (Å²) in [5, 5.41) is 0. The summed E-state index contributed by atoms with van der Waals surface area (Å²) in [7, 11) is 0. The van der Waals surface area contributed by atoms with Crippen molar-refractivity contribution in [2.45, 2.75) is 20.0 Å². The molecule has 1 aliphatic rings. The number of amides is 1. The third-order valence-corrected chi connectivity index (χ3v) is 3.04. The van der Waals surface area contributed by atoms with E-state index < -0.39 is 0 Å². The predicted molar refractivity (Wildman–Crippen MR) is 63.5 cm³/mol. The molecule has 0 saturated carbocycles. The summed E-state index contributed by atoms with van der Waals surface area (Å²) in [6.07, 6.45) is 0. The number of rotatable bonds is 2. The Balaban J connectivity index is 1.82. The van der Waals surface area contributed by atoms with Crippen LogP contribution in [0.2, 0.25) is 0 Å². The first-order valence-corrected chi connectivity index (χ1v) is 5.66. The molecular formula is C14H13NO2. The first kappa shape index (κ1) is 10.1. The minimum absolute atomic E-state index is 0.0923. The van der Waals surface area contributed by atoms with E-state index in [1.54, 1.807) is 0 Å². The Morgan fingerprint density at radius 2 is 2.06 bits per heavy atom. The van der Waals surface area contributed by atoms with Crippen molar-refractivity contribution in [3.8, 4) is 0 Å². The third-order valence-electron chi connectivity index (χ3n) is 3.04. The van der Waals surface area contributed by atoms with Crippen molar-refractivity contribution in [2.24, 2.45) is 0 Å². The Morgan fingerprint density at radius 3 is 2.76 bits per heavy atom. The van der Waals surface area contributed by atoms with Crippen LogP contribution >= 0.6 is 0 Å². The van der Waals surface area contributed by atoms with E-state index in [-0.39, 0.29) is 5.91 Å². The van der Waals surface area contributed by atoms with Crippen molar-refractivity contribution in [2.75, 3.05) is 0 Å². The zero-order valence-electron chi connectivity index (χ0n) is 9.64. The maximum Gasteiger partial charge on any atom is 0.254 e.